The van der Waals surface area contributed by atoms with Gasteiger partial charge in [0.15, 0.2) is 5.65 Å². The number of nitrogens with zero attached hydrogens (tertiary/aromatic N) is 2. The molecule has 3 N–H and O–H groups in total. The van der Waals surface area contributed by atoms with E-state index in [9.17, 15) is 5.11 Å². The molecule has 0 amide bonds. The number of aromatic nitrogens is 3. The van der Waals surface area contributed by atoms with Gasteiger partial charge in [0.2, 0.25) is 0 Å². The van der Waals surface area contributed by atoms with Crippen LogP contribution in [0.5, 0.6) is 5.75 Å². The van der Waals surface area contributed by atoms with Crippen LogP contribution < -0.4 is 5.32 Å². The molecule has 0 atom stereocenters. The van der Waals surface area contributed by atoms with Crippen LogP contribution in [0.2, 0.25) is 0 Å². The van der Waals surface area contributed by atoms with E-state index in [0.29, 0.717) is 6.54 Å². The molecule has 0 saturated heterocycles. The quantitative estimate of drug-likeness (QED) is 0.614. The minimum absolute atomic E-state index is 0.258. The lowest BCUT2D eigenvalue weighted by atomic mass is 10.3. The molecule has 0 aliphatic rings. The van der Waals surface area contributed by atoms with E-state index < -0.39 is 0 Å². The topological polar surface area (TPSA) is 73.8 Å². The Labute approximate surface area is 104 Å². The van der Waals surface area contributed by atoms with Gasteiger partial charge in [0, 0.05) is 11.9 Å². The molecule has 18 heavy (non-hydrogen) atoms. The van der Waals surface area contributed by atoms with Crippen LogP contribution in [0.4, 0.5) is 5.69 Å². The number of aromatic amines is 1. The molecule has 0 unspecified atom stereocenters. The summed E-state index contributed by atoms with van der Waals surface area (Å²) >= 11 is 0. The first-order valence-electron chi connectivity index (χ1n) is 5.64. The molecule has 0 spiro atoms. The summed E-state index contributed by atoms with van der Waals surface area (Å²) in [4.78, 5) is 11.7. The molecule has 0 aliphatic heterocycles. The monoisotopic (exact) mass is 240 g/mol. The second kappa shape index (κ2) is 4.37. The number of phenols is 1. The first kappa shape index (κ1) is 10.6. The van der Waals surface area contributed by atoms with Gasteiger partial charge in [0.05, 0.1) is 12.1 Å². The first-order chi connectivity index (χ1) is 8.81. The predicted octanol–water partition coefficient (Wildman–Crippen LogP) is 2.28. The zero-order chi connectivity index (χ0) is 12.4. The van der Waals surface area contributed by atoms with E-state index >= 15 is 0 Å². The highest BCUT2D eigenvalue weighted by atomic mass is 16.3. The molecule has 90 valence electrons. The largest absolute Gasteiger partial charge is 0.508 e. The zero-order valence-corrected chi connectivity index (χ0v) is 9.59. The molecular formula is C13H12N4O. The van der Waals surface area contributed by atoms with E-state index in [0.717, 1.165) is 22.7 Å². The van der Waals surface area contributed by atoms with Crippen molar-refractivity contribution in [2.45, 2.75) is 6.54 Å². The lowest BCUT2D eigenvalue weighted by Gasteiger charge is -2.03. The van der Waals surface area contributed by atoms with Crippen molar-refractivity contribution in [2.75, 3.05) is 5.32 Å². The molecule has 0 aliphatic carbocycles. The highest BCUT2D eigenvalue weighted by molar-refractivity contribution is 5.69. The summed E-state index contributed by atoms with van der Waals surface area (Å²) in [6.07, 6.45) is 1.72. The van der Waals surface area contributed by atoms with Crippen molar-refractivity contribution in [1.82, 2.24) is 15.0 Å². The highest BCUT2D eigenvalue weighted by Gasteiger charge is 2.02. The van der Waals surface area contributed by atoms with E-state index in [4.69, 9.17) is 0 Å². The number of rotatable bonds is 3. The van der Waals surface area contributed by atoms with Crippen LogP contribution in [0.25, 0.3) is 11.2 Å². The first-order valence-corrected chi connectivity index (χ1v) is 5.64. The maximum absolute atomic E-state index is 9.18. The predicted molar refractivity (Wildman–Crippen MR) is 69.3 cm³/mol. The Morgan fingerprint density at radius 3 is 2.78 bits per heavy atom. The van der Waals surface area contributed by atoms with Gasteiger partial charge in [0.25, 0.3) is 0 Å². The van der Waals surface area contributed by atoms with Crippen LogP contribution in [0.15, 0.2) is 42.6 Å². The van der Waals surface area contributed by atoms with E-state index in [1.165, 1.54) is 0 Å². The number of anilines is 1. The van der Waals surface area contributed by atoms with Crippen molar-refractivity contribution in [3.8, 4) is 5.75 Å². The number of pyridine rings is 1. The van der Waals surface area contributed by atoms with Crippen LogP contribution in [-0.4, -0.2) is 20.1 Å². The molecule has 5 nitrogen and oxygen atoms in total. The molecule has 3 rings (SSSR count). The third-order valence-electron chi connectivity index (χ3n) is 2.63. The number of H-pyrrole nitrogens is 1. The minimum Gasteiger partial charge on any atom is -0.508 e. The van der Waals surface area contributed by atoms with Gasteiger partial charge in [-0.15, -0.1) is 0 Å². The Bertz CT molecular complexity index is 627. The van der Waals surface area contributed by atoms with E-state index in [1.807, 2.05) is 24.3 Å². The van der Waals surface area contributed by atoms with Crippen molar-refractivity contribution < 1.29 is 5.11 Å². The van der Waals surface area contributed by atoms with Gasteiger partial charge in [-0.25, -0.2) is 9.97 Å². The fraction of sp³-hybridized carbons (Fsp3) is 0.0769. The molecule has 0 bridgehead atoms. The summed E-state index contributed by atoms with van der Waals surface area (Å²) < 4.78 is 0. The van der Waals surface area contributed by atoms with Gasteiger partial charge in [-0.1, -0.05) is 0 Å². The Morgan fingerprint density at radius 2 is 2.00 bits per heavy atom. The number of phenolic OH excluding ortho intramolecular Hbond substituents is 1. The molecular weight excluding hydrogens is 228 g/mol. The Balaban J connectivity index is 1.74. The van der Waals surface area contributed by atoms with Crippen molar-refractivity contribution in [3.05, 3.63) is 48.4 Å². The normalized spacial score (nSPS) is 10.7. The van der Waals surface area contributed by atoms with Gasteiger partial charge in [-0.2, -0.15) is 0 Å². The third kappa shape index (κ3) is 2.10. The second-order valence-corrected chi connectivity index (χ2v) is 3.96. The lowest BCUT2D eigenvalue weighted by molar-refractivity contribution is 0.475. The van der Waals surface area contributed by atoms with E-state index in [1.54, 1.807) is 18.3 Å². The number of imidazole rings is 1. The Kier molecular flexibility index (Phi) is 2.57. The number of hydrogen-bond donors (Lipinski definition) is 3. The number of hydrogen-bond acceptors (Lipinski definition) is 4. The maximum atomic E-state index is 9.18. The van der Waals surface area contributed by atoms with E-state index in [-0.39, 0.29) is 5.75 Å². The van der Waals surface area contributed by atoms with E-state index in [2.05, 4.69) is 20.3 Å². The summed E-state index contributed by atoms with van der Waals surface area (Å²) in [6, 6.07) is 10.7. The van der Waals surface area contributed by atoms with Crippen molar-refractivity contribution >= 4 is 16.9 Å². The van der Waals surface area contributed by atoms with Crippen molar-refractivity contribution in [3.63, 3.8) is 0 Å². The molecule has 0 fully saturated rings. The van der Waals surface area contributed by atoms with Gasteiger partial charge >= 0.3 is 0 Å². The van der Waals surface area contributed by atoms with Crippen LogP contribution in [0, 0.1) is 0 Å². The summed E-state index contributed by atoms with van der Waals surface area (Å²) in [5, 5.41) is 12.4. The second-order valence-electron chi connectivity index (χ2n) is 3.96. The summed E-state index contributed by atoms with van der Waals surface area (Å²) in [6.45, 7) is 0.584. The number of benzene rings is 1. The van der Waals surface area contributed by atoms with Gasteiger partial charge < -0.3 is 15.4 Å². The standard InChI is InChI=1S/C13H12N4O/c18-10-5-3-9(4-6-10)15-8-12-16-11-2-1-7-14-13(11)17-12/h1-7,15,18H,8H2,(H,14,16,17). The molecule has 3 aromatic rings. The zero-order valence-electron chi connectivity index (χ0n) is 9.59. The SMILES string of the molecule is Oc1ccc(NCc2nc3ncccc3[nH]2)cc1. The van der Waals surface area contributed by atoms with Crippen molar-refractivity contribution in [2.24, 2.45) is 0 Å². The maximum Gasteiger partial charge on any atom is 0.177 e. The average Bonchev–Trinajstić information content (AvgIpc) is 2.81. The molecule has 0 radical (unpaired) electrons. The minimum atomic E-state index is 0.258. The Morgan fingerprint density at radius 1 is 1.17 bits per heavy atom. The number of fused-ring (bicyclic) bond motifs is 1. The number of aromatic hydroxyl groups is 1. The third-order valence-corrected chi connectivity index (χ3v) is 2.63. The van der Waals surface area contributed by atoms with Crippen LogP contribution in [0.1, 0.15) is 5.82 Å². The van der Waals surface area contributed by atoms with Gasteiger partial charge in [0.1, 0.15) is 11.6 Å². The smallest absolute Gasteiger partial charge is 0.177 e. The summed E-state index contributed by atoms with van der Waals surface area (Å²) in [5.74, 6) is 1.09. The van der Waals surface area contributed by atoms with Crippen LogP contribution in [-0.2, 0) is 6.54 Å². The van der Waals surface area contributed by atoms with Crippen molar-refractivity contribution in [1.29, 1.82) is 0 Å². The van der Waals surface area contributed by atoms with Gasteiger partial charge in [-0.05, 0) is 36.4 Å². The van der Waals surface area contributed by atoms with Crippen LogP contribution >= 0.6 is 0 Å². The summed E-state index contributed by atoms with van der Waals surface area (Å²) in [7, 11) is 0. The van der Waals surface area contributed by atoms with Gasteiger partial charge in [-0.3, -0.25) is 0 Å². The fourth-order valence-corrected chi connectivity index (χ4v) is 1.74. The number of nitrogens with one attached hydrogen (secondary N) is 2. The fourth-order valence-electron chi connectivity index (χ4n) is 1.74. The lowest BCUT2D eigenvalue weighted by Crippen LogP contribution is -2.00. The average molecular weight is 240 g/mol. The highest BCUT2D eigenvalue weighted by Crippen LogP contribution is 2.15. The molecule has 5 heteroatoms. The van der Waals surface area contributed by atoms with Crippen LogP contribution in [0.3, 0.4) is 0 Å². The molecule has 0 saturated carbocycles. The summed E-state index contributed by atoms with van der Waals surface area (Å²) in [5.41, 5.74) is 2.58. The Hall–Kier alpha value is -2.56. The molecule has 1 aromatic carbocycles. The molecule has 2 aromatic heterocycles. The molecule has 2 heterocycles.